The molecule has 0 radical (unpaired) electrons. The van der Waals surface area contributed by atoms with Crippen molar-refractivity contribution in [2.24, 2.45) is 0 Å². The van der Waals surface area contributed by atoms with Crippen molar-refractivity contribution in [3.05, 3.63) is 72.8 Å². The molecule has 0 aliphatic rings. The number of para-hydroxylation sites is 2. The summed E-state index contributed by atoms with van der Waals surface area (Å²) in [6, 6.07) is 19.5. The molecule has 8 nitrogen and oxygen atoms in total. The van der Waals surface area contributed by atoms with Gasteiger partial charge in [0.15, 0.2) is 17.6 Å². The van der Waals surface area contributed by atoms with Gasteiger partial charge < -0.3 is 19.5 Å². The van der Waals surface area contributed by atoms with E-state index in [2.05, 4.69) is 10.0 Å². The van der Waals surface area contributed by atoms with Crippen LogP contribution in [0, 0.1) is 0 Å². The van der Waals surface area contributed by atoms with E-state index in [1.54, 1.807) is 55.5 Å². The Hall–Kier alpha value is -3.72. The Morgan fingerprint density at radius 1 is 0.909 bits per heavy atom. The molecule has 0 aliphatic heterocycles. The van der Waals surface area contributed by atoms with E-state index in [9.17, 15) is 13.2 Å². The molecule has 0 aliphatic carbocycles. The monoisotopic (exact) mass is 470 g/mol. The fourth-order valence-electron chi connectivity index (χ4n) is 2.92. The Kier molecular flexibility index (Phi) is 7.78. The minimum atomic E-state index is -3.79. The van der Waals surface area contributed by atoms with Gasteiger partial charge in [0.2, 0.25) is 0 Å². The van der Waals surface area contributed by atoms with Gasteiger partial charge in [-0.3, -0.25) is 9.52 Å². The van der Waals surface area contributed by atoms with Crippen LogP contribution in [0.5, 0.6) is 17.2 Å². The van der Waals surface area contributed by atoms with Crippen LogP contribution in [0.3, 0.4) is 0 Å². The fourth-order valence-corrected chi connectivity index (χ4v) is 3.98. The maximum absolute atomic E-state index is 12.7. The number of ether oxygens (including phenoxy) is 3. The average molecular weight is 471 g/mol. The molecule has 3 rings (SSSR count). The fraction of sp³-hybridized carbons (Fsp3) is 0.208. The molecule has 3 aromatic carbocycles. The Morgan fingerprint density at radius 3 is 2.12 bits per heavy atom. The molecule has 0 heterocycles. The van der Waals surface area contributed by atoms with E-state index in [0.29, 0.717) is 35.2 Å². The second-order valence-corrected chi connectivity index (χ2v) is 8.67. The normalized spacial score (nSPS) is 11.8. The summed E-state index contributed by atoms with van der Waals surface area (Å²) in [5.74, 6) is 1.24. The first-order chi connectivity index (χ1) is 15.8. The van der Waals surface area contributed by atoms with Gasteiger partial charge in [0, 0.05) is 11.4 Å². The minimum Gasteiger partial charge on any atom is -0.494 e. The van der Waals surface area contributed by atoms with Crippen molar-refractivity contribution in [1.82, 2.24) is 0 Å². The summed E-state index contributed by atoms with van der Waals surface area (Å²) in [7, 11) is -2.27. The molecule has 2 N–H and O–H groups in total. The number of hydrogen-bond acceptors (Lipinski definition) is 6. The van der Waals surface area contributed by atoms with Gasteiger partial charge in [-0.05, 0) is 74.5 Å². The van der Waals surface area contributed by atoms with Gasteiger partial charge in [0.05, 0.1) is 18.6 Å². The molecule has 0 saturated carbocycles. The molecule has 0 saturated heterocycles. The molecular formula is C24H26N2O6S. The predicted octanol–water partition coefficient (Wildman–Crippen LogP) is 4.30. The van der Waals surface area contributed by atoms with Crippen molar-refractivity contribution < 1.29 is 27.4 Å². The largest absolute Gasteiger partial charge is 0.494 e. The zero-order chi connectivity index (χ0) is 23.8. The summed E-state index contributed by atoms with van der Waals surface area (Å²) >= 11 is 0. The second kappa shape index (κ2) is 10.7. The molecule has 33 heavy (non-hydrogen) atoms. The standard InChI is InChI=1S/C24H26N2O6S/c1-4-31-20-13-9-19(10-14-20)26-33(28,29)21-15-11-18(12-16-21)25-24(27)17(2)32-23-8-6-5-7-22(23)30-3/h5-17,26H,4H2,1-3H3,(H,25,27)/t17-/m0/s1. The van der Waals surface area contributed by atoms with E-state index in [4.69, 9.17) is 14.2 Å². The lowest BCUT2D eigenvalue weighted by Gasteiger charge is -2.16. The van der Waals surface area contributed by atoms with Crippen LogP contribution in [0.1, 0.15) is 13.8 Å². The van der Waals surface area contributed by atoms with Gasteiger partial charge in [0.25, 0.3) is 15.9 Å². The quantitative estimate of drug-likeness (QED) is 0.458. The predicted molar refractivity (Wildman–Crippen MR) is 127 cm³/mol. The zero-order valence-electron chi connectivity index (χ0n) is 18.6. The lowest BCUT2D eigenvalue weighted by molar-refractivity contribution is -0.122. The van der Waals surface area contributed by atoms with Crippen LogP contribution in [0.4, 0.5) is 11.4 Å². The van der Waals surface area contributed by atoms with Gasteiger partial charge in [0.1, 0.15) is 5.75 Å². The van der Waals surface area contributed by atoms with Crippen LogP contribution >= 0.6 is 0 Å². The van der Waals surface area contributed by atoms with Crippen LogP contribution < -0.4 is 24.2 Å². The van der Waals surface area contributed by atoms with Crippen LogP contribution in [0.15, 0.2) is 77.7 Å². The van der Waals surface area contributed by atoms with Crippen LogP contribution in [-0.2, 0) is 14.8 Å². The first-order valence-corrected chi connectivity index (χ1v) is 11.8. The Morgan fingerprint density at radius 2 is 1.52 bits per heavy atom. The average Bonchev–Trinajstić information content (AvgIpc) is 2.81. The van der Waals surface area contributed by atoms with Crippen LogP contribution in [-0.4, -0.2) is 34.1 Å². The number of hydrogen-bond donors (Lipinski definition) is 2. The van der Waals surface area contributed by atoms with E-state index in [0.717, 1.165) is 0 Å². The number of amides is 1. The van der Waals surface area contributed by atoms with E-state index >= 15 is 0 Å². The first-order valence-electron chi connectivity index (χ1n) is 10.3. The topological polar surface area (TPSA) is 103 Å². The summed E-state index contributed by atoms with van der Waals surface area (Å²) in [6.07, 6.45) is -0.800. The van der Waals surface area contributed by atoms with Gasteiger partial charge in [-0.25, -0.2) is 8.42 Å². The lowest BCUT2D eigenvalue weighted by Crippen LogP contribution is -2.30. The SMILES string of the molecule is CCOc1ccc(NS(=O)(=O)c2ccc(NC(=O)[C@H](C)Oc3ccccc3OC)cc2)cc1. The summed E-state index contributed by atoms with van der Waals surface area (Å²) in [5.41, 5.74) is 0.855. The van der Waals surface area contributed by atoms with Gasteiger partial charge in [-0.1, -0.05) is 12.1 Å². The molecule has 0 aromatic heterocycles. The summed E-state index contributed by atoms with van der Waals surface area (Å²) in [6.45, 7) is 4.01. The Labute approximate surface area is 193 Å². The number of nitrogens with one attached hydrogen (secondary N) is 2. The third-order valence-electron chi connectivity index (χ3n) is 4.59. The smallest absolute Gasteiger partial charge is 0.265 e. The first kappa shape index (κ1) is 23.9. The molecule has 1 atom stereocenters. The van der Waals surface area contributed by atoms with Crippen molar-refractivity contribution in [3.63, 3.8) is 0 Å². The molecular weight excluding hydrogens is 444 g/mol. The number of carbonyl (C=O) groups excluding carboxylic acids is 1. The molecule has 0 spiro atoms. The third-order valence-corrected chi connectivity index (χ3v) is 5.99. The number of sulfonamides is 1. The summed E-state index contributed by atoms with van der Waals surface area (Å²) in [4.78, 5) is 12.6. The van der Waals surface area contributed by atoms with Gasteiger partial charge in [-0.2, -0.15) is 0 Å². The van der Waals surface area contributed by atoms with Crippen molar-refractivity contribution in [2.45, 2.75) is 24.8 Å². The Balaban J connectivity index is 1.62. The second-order valence-electron chi connectivity index (χ2n) is 6.99. The molecule has 0 bridgehead atoms. The van der Waals surface area contributed by atoms with Gasteiger partial charge >= 0.3 is 0 Å². The summed E-state index contributed by atoms with van der Waals surface area (Å²) in [5, 5.41) is 2.71. The van der Waals surface area contributed by atoms with E-state index in [1.807, 2.05) is 6.92 Å². The highest BCUT2D eigenvalue weighted by atomic mass is 32.2. The molecule has 1 amide bonds. The van der Waals surface area contributed by atoms with E-state index < -0.39 is 16.1 Å². The van der Waals surface area contributed by atoms with Crippen molar-refractivity contribution >= 4 is 27.3 Å². The van der Waals surface area contributed by atoms with Crippen LogP contribution in [0.25, 0.3) is 0 Å². The van der Waals surface area contributed by atoms with E-state index in [1.165, 1.54) is 31.4 Å². The highest BCUT2D eigenvalue weighted by molar-refractivity contribution is 7.92. The zero-order valence-corrected chi connectivity index (χ0v) is 19.4. The highest BCUT2D eigenvalue weighted by Gasteiger charge is 2.18. The Bertz CT molecular complexity index is 1180. The molecule has 9 heteroatoms. The lowest BCUT2D eigenvalue weighted by atomic mass is 10.3. The van der Waals surface area contributed by atoms with E-state index in [-0.39, 0.29) is 10.8 Å². The maximum Gasteiger partial charge on any atom is 0.265 e. The highest BCUT2D eigenvalue weighted by Crippen LogP contribution is 2.27. The molecule has 3 aromatic rings. The molecule has 0 fully saturated rings. The van der Waals surface area contributed by atoms with Gasteiger partial charge in [-0.15, -0.1) is 0 Å². The number of benzene rings is 3. The minimum absolute atomic E-state index is 0.0627. The number of methoxy groups -OCH3 is 1. The number of anilines is 2. The van der Waals surface area contributed by atoms with Crippen LogP contribution in [0.2, 0.25) is 0 Å². The third kappa shape index (κ3) is 6.39. The van der Waals surface area contributed by atoms with Crippen molar-refractivity contribution in [3.8, 4) is 17.2 Å². The number of carbonyl (C=O) groups is 1. The maximum atomic E-state index is 12.7. The molecule has 174 valence electrons. The number of rotatable bonds is 10. The molecule has 0 unspecified atom stereocenters. The van der Waals surface area contributed by atoms with Crippen molar-refractivity contribution in [1.29, 1.82) is 0 Å². The summed E-state index contributed by atoms with van der Waals surface area (Å²) < 4.78 is 44.1. The van der Waals surface area contributed by atoms with Crippen molar-refractivity contribution in [2.75, 3.05) is 23.8 Å².